The van der Waals surface area contributed by atoms with E-state index in [2.05, 4.69) is 55.4 Å². The Labute approximate surface area is 192 Å². The zero-order valence-electron chi connectivity index (χ0n) is 22.6. The summed E-state index contributed by atoms with van der Waals surface area (Å²) in [6.45, 7) is 18.6. The summed E-state index contributed by atoms with van der Waals surface area (Å²) in [5, 5.41) is 0. The van der Waals surface area contributed by atoms with Gasteiger partial charge in [-0.15, -0.1) is 0 Å². The van der Waals surface area contributed by atoms with Gasteiger partial charge in [-0.1, -0.05) is 107 Å². The molecule has 0 saturated heterocycles. The summed E-state index contributed by atoms with van der Waals surface area (Å²) in [4.78, 5) is 0. The standard InChI is InChI=1S/2C8H16.2C7H14/c1-3-4-5-8(2)6-7-8;1-3-4-5-8-6-7(8)2;1-3-4-7(2)5-6-7;1-3-4-7-5-6(7)2/h3-7H2,1-2H3;7-8H,3-6H2,1-2H3;3-6H2,1-2H3;6-7H,3-5H2,1-2H3. The Morgan fingerprint density at radius 3 is 1.27 bits per heavy atom. The van der Waals surface area contributed by atoms with Crippen molar-refractivity contribution in [3.8, 4) is 0 Å². The SMILES string of the molecule is CCCC1(C)CC1.CCCC1CC1C.CCCCC1(C)CC1.CCCCC1CC1C. The second-order valence-electron chi connectivity index (χ2n) is 12.4. The normalized spacial score (nSPS) is 30.4. The summed E-state index contributed by atoms with van der Waals surface area (Å²) in [5.74, 6) is 4.38. The van der Waals surface area contributed by atoms with Crippen molar-refractivity contribution in [3.63, 3.8) is 0 Å². The second kappa shape index (κ2) is 14.2. The molecule has 0 bridgehead atoms. The van der Waals surface area contributed by atoms with Crippen molar-refractivity contribution >= 4 is 0 Å². The van der Waals surface area contributed by atoms with E-state index in [9.17, 15) is 0 Å². The monoisotopic (exact) mass is 420 g/mol. The van der Waals surface area contributed by atoms with E-state index in [0.717, 1.165) is 34.5 Å². The molecular weight excluding hydrogens is 360 g/mol. The highest BCUT2D eigenvalue weighted by atomic mass is 14.4. The molecule has 4 saturated carbocycles. The number of hydrogen-bond acceptors (Lipinski definition) is 0. The van der Waals surface area contributed by atoms with Crippen molar-refractivity contribution in [1.82, 2.24) is 0 Å². The summed E-state index contributed by atoms with van der Waals surface area (Å²) in [5.41, 5.74) is 1.60. The Kier molecular flexibility index (Phi) is 13.3. The Hall–Kier alpha value is 0. The highest BCUT2D eigenvalue weighted by Crippen LogP contribution is 2.49. The van der Waals surface area contributed by atoms with Crippen LogP contribution in [0.25, 0.3) is 0 Å². The van der Waals surface area contributed by atoms with Crippen molar-refractivity contribution in [3.05, 3.63) is 0 Å². The molecule has 0 N–H and O–H groups in total. The van der Waals surface area contributed by atoms with Gasteiger partial charge in [0.05, 0.1) is 0 Å². The average Bonchev–Trinajstić information content (AvgIpc) is 3.56. The van der Waals surface area contributed by atoms with E-state index in [-0.39, 0.29) is 0 Å². The van der Waals surface area contributed by atoms with Gasteiger partial charge < -0.3 is 0 Å². The lowest BCUT2D eigenvalue weighted by molar-refractivity contribution is 0.490. The fourth-order valence-corrected chi connectivity index (χ4v) is 4.57. The van der Waals surface area contributed by atoms with Gasteiger partial charge in [-0.05, 0) is 85.9 Å². The van der Waals surface area contributed by atoms with Gasteiger partial charge in [-0.25, -0.2) is 0 Å². The van der Waals surface area contributed by atoms with E-state index in [1.165, 1.54) is 103 Å². The van der Waals surface area contributed by atoms with Crippen LogP contribution in [0.15, 0.2) is 0 Å². The van der Waals surface area contributed by atoms with E-state index in [1.54, 1.807) is 0 Å². The first kappa shape index (κ1) is 28.0. The lowest BCUT2D eigenvalue weighted by atomic mass is 10.0. The van der Waals surface area contributed by atoms with Crippen LogP contribution in [-0.4, -0.2) is 0 Å². The molecule has 4 fully saturated rings. The summed E-state index contributed by atoms with van der Waals surface area (Å²) in [6.07, 6.45) is 23.3. The van der Waals surface area contributed by atoms with Gasteiger partial charge in [-0.3, -0.25) is 0 Å². The van der Waals surface area contributed by atoms with E-state index in [1.807, 2.05) is 0 Å². The summed E-state index contributed by atoms with van der Waals surface area (Å²) in [7, 11) is 0. The molecule has 0 aliphatic heterocycles. The third-order valence-electron chi connectivity index (χ3n) is 8.33. The van der Waals surface area contributed by atoms with Gasteiger partial charge in [0.15, 0.2) is 0 Å². The molecule has 0 aromatic rings. The van der Waals surface area contributed by atoms with E-state index in [0.29, 0.717) is 0 Å². The highest BCUT2D eigenvalue weighted by Gasteiger charge is 2.36. The largest absolute Gasteiger partial charge is 0.0654 e. The Balaban J connectivity index is 0.000000200. The topological polar surface area (TPSA) is 0 Å². The van der Waals surface area contributed by atoms with Crippen LogP contribution < -0.4 is 0 Å². The molecule has 0 aromatic carbocycles. The van der Waals surface area contributed by atoms with Crippen LogP contribution in [-0.2, 0) is 0 Å². The molecule has 4 aliphatic carbocycles. The number of hydrogen-bond donors (Lipinski definition) is 0. The van der Waals surface area contributed by atoms with Crippen LogP contribution in [0.1, 0.15) is 158 Å². The van der Waals surface area contributed by atoms with E-state index < -0.39 is 0 Å². The van der Waals surface area contributed by atoms with E-state index >= 15 is 0 Å². The van der Waals surface area contributed by atoms with Crippen LogP contribution in [0.4, 0.5) is 0 Å². The van der Waals surface area contributed by atoms with E-state index in [4.69, 9.17) is 0 Å². The van der Waals surface area contributed by atoms with Gasteiger partial charge in [0, 0.05) is 0 Å². The zero-order valence-corrected chi connectivity index (χ0v) is 22.6. The quantitative estimate of drug-likeness (QED) is 0.329. The van der Waals surface area contributed by atoms with Gasteiger partial charge in [-0.2, -0.15) is 0 Å². The zero-order chi connectivity index (χ0) is 22.6. The first-order valence-electron chi connectivity index (χ1n) is 14.2. The Morgan fingerprint density at radius 1 is 0.567 bits per heavy atom. The van der Waals surface area contributed by atoms with Crippen molar-refractivity contribution in [2.75, 3.05) is 0 Å². The summed E-state index contributed by atoms with van der Waals surface area (Å²) >= 11 is 0. The molecule has 0 heteroatoms. The predicted molar refractivity (Wildman–Crippen MR) is 138 cm³/mol. The minimum Gasteiger partial charge on any atom is -0.0654 e. The maximum Gasteiger partial charge on any atom is -0.0325 e. The molecule has 0 amide bonds. The maximum atomic E-state index is 2.41. The van der Waals surface area contributed by atoms with Crippen LogP contribution in [0.3, 0.4) is 0 Å². The maximum absolute atomic E-state index is 2.41. The smallest absolute Gasteiger partial charge is 0.0325 e. The minimum absolute atomic E-state index is 0.800. The van der Waals surface area contributed by atoms with Gasteiger partial charge in [0.25, 0.3) is 0 Å². The first-order chi connectivity index (χ1) is 14.2. The number of rotatable bonds is 10. The summed E-state index contributed by atoms with van der Waals surface area (Å²) in [6, 6.07) is 0. The second-order valence-corrected chi connectivity index (χ2v) is 12.4. The highest BCUT2D eigenvalue weighted by molar-refractivity contribution is 4.88. The molecular formula is C30H60. The number of unbranched alkanes of at least 4 members (excludes halogenated alkanes) is 2. The molecule has 0 aromatic heterocycles. The molecule has 0 heterocycles. The van der Waals surface area contributed by atoms with Crippen LogP contribution in [0, 0.1) is 34.5 Å². The molecule has 0 nitrogen and oxygen atoms in total. The minimum atomic E-state index is 0.800. The first-order valence-corrected chi connectivity index (χ1v) is 14.2. The van der Waals surface area contributed by atoms with Crippen molar-refractivity contribution in [2.45, 2.75) is 158 Å². The Morgan fingerprint density at radius 2 is 1.00 bits per heavy atom. The molecule has 0 spiro atoms. The average molecular weight is 421 g/mol. The molecule has 4 atom stereocenters. The van der Waals surface area contributed by atoms with Gasteiger partial charge in [0.2, 0.25) is 0 Å². The molecule has 4 unspecified atom stereocenters. The molecule has 30 heavy (non-hydrogen) atoms. The third kappa shape index (κ3) is 14.1. The lowest BCUT2D eigenvalue weighted by Crippen LogP contribution is -1.90. The lowest BCUT2D eigenvalue weighted by Gasteiger charge is -2.03. The van der Waals surface area contributed by atoms with Crippen LogP contribution in [0.5, 0.6) is 0 Å². The predicted octanol–water partition coefficient (Wildman–Crippen LogP) is 10.8. The van der Waals surface area contributed by atoms with Crippen molar-refractivity contribution in [1.29, 1.82) is 0 Å². The van der Waals surface area contributed by atoms with Gasteiger partial charge in [0.1, 0.15) is 0 Å². The van der Waals surface area contributed by atoms with Crippen LogP contribution >= 0.6 is 0 Å². The summed E-state index contributed by atoms with van der Waals surface area (Å²) < 4.78 is 0. The molecule has 4 rings (SSSR count). The molecule has 0 radical (unpaired) electrons. The fraction of sp³-hybridized carbons (Fsp3) is 1.00. The van der Waals surface area contributed by atoms with Gasteiger partial charge >= 0.3 is 0 Å². The van der Waals surface area contributed by atoms with Crippen molar-refractivity contribution < 1.29 is 0 Å². The molecule has 4 aliphatic rings. The third-order valence-corrected chi connectivity index (χ3v) is 8.33. The Bertz CT molecular complexity index is 414. The fourth-order valence-electron chi connectivity index (χ4n) is 4.57. The van der Waals surface area contributed by atoms with Crippen molar-refractivity contribution in [2.24, 2.45) is 34.5 Å². The molecule has 180 valence electrons. The van der Waals surface area contributed by atoms with Crippen LogP contribution in [0.2, 0.25) is 0 Å².